The van der Waals surface area contributed by atoms with Crippen LogP contribution in [0.1, 0.15) is 25.0 Å². The van der Waals surface area contributed by atoms with Crippen molar-refractivity contribution in [2.75, 3.05) is 4.90 Å². The van der Waals surface area contributed by atoms with Crippen molar-refractivity contribution in [3.05, 3.63) is 175 Å². The van der Waals surface area contributed by atoms with E-state index in [1.807, 2.05) is 0 Å². The van der Waals surface area contributed by atoms with Crippen molar-refractivity contribution in [3.63, 3.8) is 0 Å². The topological polar surface area (TPSA) is 16.4 Å². The zero-order valence-electron chi connectivity index (χ0n) is 27.4. The standard InChI is InChI=1S/C47H33NO/c1-47(2)43-19-11-10-17-37(43)38-24-22-35(28-44(38)47)48(33-21-20-30-12-6-7-15-32(30)26-33)34-23-25-45-41(27-34)42-29-40(31-13-4-3-5-14-31)36-16-8-9-18-39(36)46(42)49-45/h3-29H,1-2H3. The maximum absolute atomic E-state index is 6.67. The Kier molecular flexibility index (Phi) is 5.95. The fraction of sp³-hybridized carbons (Fsp3) is 0.0638. The molecule has 9 aromatic rings. The molecule has 0 aliphatic heterocycles. The Balaban J connectivity index is 1.22. The lowest BCUT2D eigenvalue weighted by Crippen LogP contribution is -2.16. The minimum atomic E-state index is -0.101. The van der Waals surface area contributed by atoms with Crippen LogP contribution >= 0.6 is 0 Å². The summed E-state index contributed by atoms with van der Waals surface area (Å²) in [7, 11) is 0. The molecule has 0 radical (unpaired) electrons. The first kappa shape index (κ1) is 27.9. The van der Waals surface area contributed by atoms with Gasteiger partial charge in [-0.2, -0.15) is 0 Å². The second kappa shape index (κ2) is 10.4. The van der Waals surface area contributed by atoms with Gasteiger partial charge in [0.2, 0.25) is 0 Å². The third-order valence-corrected chi connectivity index (χ3v) is 10.6. The van der Waals surface area contributed by atoms with Crippen molar-refractivity contribution in [2.24, 2.45) is 0 Å². The summed E-state index contributed by atoms with van der Waals surface area (Å²) in [6, 6.07) is 59.5. The highest BCUT2D eigenvalue weighted by Crippen LogP contribution is 2.51. The Morgan fingerprint density at radius 1 is 0.429 bits per heavy atom. The molecule has 49 heavy (non-hydrogen) atoms. The van der Waals surface area contributed by atoms with E-state index in [1.54, 1.807) is 0 Å². The number of anilines is 3. The molecule has 0 bridgehead atoms. The fourth-order valence-corrected chi connectivity index (χ4v) is 8.18. The van der Waals surface area contributed by atoms with Crippen LogP contribution in [0.15, 0.2) is 168 Å². The zero-order valence-corrected chi connectivity index (χ0v) is 27.4. The van der Waals surface area contributed by atoms with Crippen LogP contribution in [-0.2, 0) is 5.41 Å². The van der Waals surface area contributed by atoms with Crippen LogP contribution in [0.2, 0.25) is 0 Å². The Labute approximate surface area is 285 Å². The van der Waals surface area contributed by atoms with E-state index in [9.17, 15) is 0 Å². The molecule has 0 N–H and O–H groups in total. The molecule has 0 saturated heterocycles. The molecule has 10 rings (SSSR count). The molecule has 2 nitrogen and oxygen atoms in total. The summed E-state index contributed by atoms with van der Waals surface area (Å²) in [6.07, 6.45) is 0. The molecule has 1 aliphatic carbocycles. The number of fused-ring (bicyclic) bond motifs is 9. The van der Waals surface area contributed by atoms with Gasteiger partial charge in [0.1, 0.15) is 11.2 Å². The van der Waals surface area contributed by atoms with E-state index in [-0.39, 0.29) is 5.41 Å². The first-order valence-electron chi connectivity index (χ1n) is 17.0. The predicted octanol–water partition coefficient (Wildman–Crippen LogP) is 13.3. The van der Waals surface area contributed by atoms with E-state index in [0.717, 1.165) is 44.4 Å². The molecule has 8 aromatic carbocycles. The quantitative estimate of drug-likeness (QED) is 0.193. The zero-order chi connectivity index (χ0) is 32.7. The van der Waals surface area contributed by atoms with E-state index in [2.05, 4.69) is 183 Å². The Bertz CT molecular complexity index is 2750. The largest absolute Gasteiger partial charge is 0.455 e. The molecular weight excluding hydrogens is 595 g/mol. The molecule has 1 aliphatic rings. The molecule has 232 valence electrons. The summed E-state index contributed by atoms with van der Waals surface area (Å²) in [5, 5.41) is 7.00. The summed E-state index contributed by atoms with van der Waals surface area (Å²) in [5.41, 5.74) is 12.9. The second-order valence-corrected chi connectivity index (χ2v) is 13.8. The Morgan fingerprint density at radius 2 is 1.08 bits per heavy atom. The summed E-state index contributed by atoms with van der Waals surface area (Å²) in [5.74, 6) is 0. The van der Waals surface area contributed by atoms with Crippen LogP contribution < -0.4 is 4.90 Å². The number of benzene rings is 8. The first-order chi connectivity index (χ1) is 24.0. The fourth-order valence-electron chi connectivity index (χ4n) is 8.18. The summed E-state index contributed by atoms with van der Waals surface area (Å²) in [6.45, 7) is 4.69. The van der Waals surface area contributed by atoms with E-state index >= 15 is 0 Å². The van der Waals surface area contributed by atoms with E-state index in [4.69, 9.17) is 4.42 Å². The molecule has 0 spiro atoms. The van der Waals surface area contributed by atoms with Crippen LogP contribution in [0.25, 0.3) is 65.7 Å². The van der Waals surface area contributed by atoms with Crippen LogP contribution in [0, 0.1) is 0 Å². The highest BCUT2D eigenvalue weighted by molar-refractivity contribution is 6.19. The highest BCUT2D eigenvalue weighted by Gasteiger charge is 2.35. The van der Waals surface area contributed by atoms with Gasteiger partial charge in [0.15, 0.2) is 0 Å². The Morgan fingerprint density at radius 3 is 1.96 bits per heavy atom. The molecule has 0 unspecified atom stereocenters. The number of hydrogen-bond acceptors (Lipinski definition) is 2. The van der Waals surface area contributed by atoms with Crippen molar-refractivity contribution < 1.29 is 4.42 Å². The monoisotopic (exact) mass is 627 g/mol. The van der Waals surface area contributed by atoms with Crippen molar-refractivity contribution >= 4 is 60.5 Å². The third-order valence-electron chi connectivity index (χ3n) is 10.6. The lowest BCUT2D eigenvalue weighted by Gasteiger charge is -2.28. The molecule has 2 heteroatoms. The lowest BCUT2D eigenvalue weighted by molar-refractivity contribution is 0.660. The van der Waals surface area contributed by atoms with Crippen molar-refractivity contribution in [1.82, 2.24) is 0 Å². The molecule has 0 amide bonds. The average molecular weight is 628 g/mol. The second-order valence-electron chi connectivity index (χ2n) is 13.8. The van der Waals surface area contributed by atoms with Crippen LogP contribution in [0.4, 0.5) is 17.1 Å². The molecule has 1 heterocycles. The van der Waals surface area contributed by atoms with Gasteiger partial charge in [-0.1, -0.05) is 129 Å². The van der Waals surface area contributed by atoms with Gasteiger partial charge in [0.05, 0.1) is 0 Å². The minimum Gasteiger partial charge on any atom is -0.455 e. The van der Waals surface area contributed by atoms with Crippen molar-refractivity contribution in [3.8, 4) is 22.3 Å². The Hall–Kier alpha value is -6.12. The first-order valence-corrected chi connectivity index (χ1v) is 17.0. The number of nitrogens with zero attached hydrogens (tertiary/aromatic N) is 1. The minimum absolute atomic E-state index is 0.101. The summed E-state index contributed by atoms with van der Waals surface area (Å²) < 4.78 is 6.67. The molecule has 0 fully saturated rings. The van der Waals surface area contributed by atoms with Crippen LogP contribution in [0.3, 0.4) is 0 Å². The van der Waals surface area contributed by atoms with Gasteiger partial charge in [0.25, 0.3) is 0 Å². The van der Waals surface area contributed by atoms with Crippen LogP contribution in [-0.4, -0.2) is 0 Å². The molecule has 0 saturated carbocycles. The van der Waals surface area contributed by atoms with Crippen molar-refractivity contribution in [2.45, 2.75) is 19.3 Å². The highest BCUT2D eigenvalue weighted by atomic mass is 16.3. The molecule has 0 atom stereocenters. The molecule has 1 aromatic heterocycles. The van der Waals surface area contributed by atoms with Gasteiger partial charge >= 0.3 is 0 Å². The van der Waals surface area contributed by atoms with Gasteiger partial charge in [0, 0.05) is 38.6 Å². The maximum atomic E-state index is 6.67. The van der Waals surface area contributed by atoms with Crippen molar-refractivity contribution in [1.29, 1.82) is 0 Å². The summed E-state index contributed by atoms with van der Waals surface area (Å²) in [4.78, 5) is 2.41. The van der Waals surface area contributed by atoms with E-state index in [1.165, 1.54) is 49.5 Å². The number of furan rings is 1. The van der Waals surface area contributed by atoms with Gasteiger partial charge < -0.3 is 9.32 Å². The van der Waals surface area contributed by atoms with Crippen LogP contribution in [0.5, 0.6) is 0 Å². The third kappa shape index (κ3) is 4.20. The van der Waals surface area contributed by atoms with Gasteiger partial charge in [-0.05, 0) is 98.1 Å². The molecular formula is C47H33NO. The average Bonchev–Trinajstić information content (AvgIpc) is 3.63. The normalized spacial score (nSPS) is 13.3. The maximum Gasteiger partial charge on any atom is 0.143 e. The smallest absolute Gasteiger partial charge is 0.143 e. The summed E-state index contributed by atoms with van der Waals surface area (Å²) >= 11 is 0. The van der Waals surface area contributed by atoms with E-state index < -0.39 is 0 Å². The van der Waals surface area contributed by atoms with Gasteiger partial charge in [-0.3, -0.25) is 0 Å². The SMILES string of the molecule is CC1(C)c2ccccc2-c2ccc(N(c3ccc4ccccc4c3)c3ccc4oc5c6ccccc6c(-c6ccccc6)cc5c4c3)cc21. The van der Waals surface area contributed by atoms with E-state index in [0.29, 0.717) is 0 Å². The van der Waals surface area contributed by atoms with Gasteiger partial charge in [-0.25, -0.2) is 0 Å². The lowest BCUT2D eigenvalue weighted by atomic mass is 9.82. The number of rotatable bonds is 4. The van der Waals surface area contributed by atoms with Gasteiger partial charge in [-0.15, -0.1) is 0 Å². The number of hydrogen-bond donors (Lipinski definition) is 0. The predicted molar refractivity (Wildman–Crippen MR) is 206 cm³/mol.